The van der Waals surface area contributed by atoms with Crippen LogP contribution in [0.15, 0.2) is 30.3 Å². The molecule has 0 spiro atoms. The van der Waals surface area contributed by atoms with E-state index in [-0.39, 0.29) is 12.0 Å². The van der Waals surface area contributed by atoms with Crippen molar-refractivity contribution in [3.05, 3.63) is 45.6 Å². The van der Waals surface area contributed by atoms with Crippen LogP contribution in [0.4, 0.5) is 0 Å². The number of rotatable bonds is 3. The molecule has 1 aromatic carbocycles. The number of thiophene rings is 1. The Morgan fingerprint density at radius 1 is 1.33 bits per heavy atom. The van der Waals surface area contributed by atoms with E-state index in [1.54, 1.807) is 11.3 Å². The number of hydrogen-bond acceptors (Lipinski definition) is 4. The Hall–Kier alpha value is -2.01. The van der Waals surface area contributed by atoms with E-state index in [1.165, 1.54) is 0 Å². The van der Waals surface area contributed by atoms with Crippen molar-refractivity contribution < 1.29 is 14.3 Å². The Kier molecular flexibility index (Phi) is 3.84. The van der Waals surface area contributed by atoms with Crippen LogP contribution in [-0.2, 0) is 0 Å². The molecule has 4 nitrogen and oxygen atoms in total. The van der Waals surface area contributed by atoms with Crippen LogP contribution in [0.1, 0.15) is 20.1 Å². The highest BCUT2D eigenvalue weighted by Crippen LogP contribution is 2.30. The van der Waals surface area contributed by atoms with Gasteiger partial charge in [-0.05, 0) is 32.0 Å². The molecule has 2 aromatic rings. The van der Waals surface area contributed by atoms with Crippen molar-refractivity contribution in [1.29, 1.82) is 0 Å². The van der Waals surface area contributed by atoms with Crippen molar-refractivity contribution in [1.82, 2.24) is 5.32 Å². The van der Waals surface area contributed by atoms with E-state index in [1.807, 2.05) is 44.2 Å². The summed E-state index contributed by atoms with van der Waals surface area (Å²) in [5.41, 5.74) is 0.745. The quantitative estimate of drug-likeness (QED) is 0.948. The van der Waals surface area contributed by atoms with Crippen LogP contribution in [0, 0.1) is 13.8 Å². The molecule has 1 aliphatic heterocycles. The lowest BCUT2D eigenvalue weighted by molar-refractivity contribution is 0.0789. The average Bonchev–Trinajstić information content (AvgIpc) is 2.83. The second kappa shape index (κ2) is 5.77. The van der Waals surface area contributed by atoms with Gasteiger partial charge >= 0.3 is 0 Å². The predicted molar refractivity (Wildman–Crippen MR) is 82.5 cm³/mol. The zero-order valence-corrected chi connectivity index (χ0v) is 12.8. The first-order valence-electron chi connectivity index (χ1n) is 6.87. The molecular formula is C16H17NO3S. The van der Waals surface area contributed by atoms with Gasteiger partial charge in [0.15, 0.2) is 11.5 Å². The summed E-state index contributed by atoms with van der Waals surface area (Å²) in [6.07, 6.45) is -0.163. The van der Waals surface area contributed by atoms with Gasteiger partial charge in [0.1, 0.15) is 12.7 Å². The Bertz CT molecular complexity index is 665. The van der Waals surface area contributed by atoms with Gasteiger partial charge in [0.25, 0.3) is 5.91 Å². The lowest BCUT2D eigenvalue weighted by Crippen LogP contribution is -2.40. The molecule has 0 radical (unpaired) electrons. The number of amides is 1. The second-order valence-electron chi connectivity index (χ2n) is 5.03. The normalized spacial score (nSPS) is 16.6. The average molecular weight is 303 g/mol. The highest BCUT2D eigenvalue weighted by molar-refractivity contribution is 7.12. The zero-order valence-electron chi connectivity index (χ0n) is 12.0. The Balaban J connectivity index is 1.59. The van der Waals surface area contributed by atoms with Gasteiger partial charge in [-0.1, -0.05) is 12.1 Å². The van der Waals surface area contributed by atoms with Gasteiger partial charge in [-0.2, -0.15) is 0 Å². The summed E-state index contributed by atoms with van der Waals surface area (Å²) >= 11 is 1.63. The van der Waals surface area contributed by atoms with Gasteiger partial charge in [-0.3, -0.25) is 4.79 Å². The first-order valence-corrected chi connectivity index (χ1v) is 7.69. The van der Waals surface area contributed by atoms with Crippen LogP contribution in [-0.4, -0.2) is 25.2 Å². The van der Waals surface area contributed by atoms with E-state index in [0.717, 1.165) is 26.8 Å². The molecule has 3 rings (SSSR count). The largest absolute Gasteiger partial charge is 0.486 e. The maximum atomic E-state index is 12.2. The fraction of sp³-hybridized carbons (Fsp3) is 0.312. The topological polar surface area (TPSA) is 47.6 Å². The summed E-state index contributed by atoms with van der Waals surface area (Å²) in [6.45, 7) is 4.84. The van der Waals surface area contributed by atoms with E-state index in [4.69, 9.17) is 9.47 Å². The van der Waals surface area contributed by atoms with Crippen LogP contribution in [0.5, 0.6) is 11.5 Å². The van der Waals surface area contributed by atoms with E-state index < -0.39 is 0 Å². The van der Waals surface area contributed by atoms with E-state index in [0.29, 0.717) is 13.2 Å². The number of fused-ring (bicyclic) bond motifs is 1. The number of para-hydroxylation sites is 2. The van der Waals surface area contributed by atoms with Crippen LogP contribution >= 0.6 is 11.3 Å². The monoisotopic (exact) mass is 303 g/mol. The van der Waals surface area contributed by atoms with Crippen molar-refractivity contribution in [3.8, 4) is 11.5 Å². The standard InChI is InChI=1S/C16H17NO3S/c1-10-7-13(11(2)21-10)16(18)17-8-12-9-19-14-5-3-4-6-15(14)20-12/h3-7,12H,8-9H2,1-2H3,(H,17,18). The third-order valence-electron chi connectivity index (χ3n) is 3.34. The van der Waals surface area contributed by atoms with Crippen LogP contribution in [0.3, 0.4) is 0 Å². The molecule has 0 aliphatic carbocycles. The van der Waals surface area contributed by atoms with Crippen molar-refractivity contribution in [2.24, 2.45) is 0 Å². The molecule has 1 N–H and O–H groups in total. The minimum absolute atomic E-state index is 0.0562. The van der Waals surface area contributed by atoms with Crippen molar-refractivity contribution in [2.75, 3.05) is 13.2 Å². The summed E-state index contributed by atoms with van der Waals surface area (Å²) in [4.78, 5) is 14.3. The molecule has 110 valence electrons. The van der Waals surface area contributed by atoms with E-state index in [2.05, 4.69) is 5.32 Å². The maximum Gasteiger partial charge on any atom is 0.252 e. The number of carbonyl (C=O) groups is 1. The molecule has 0 bridgehead atoms. The van der Waals surface area contributed by atoms with Crippen molar-refractivity contribution in [2.45, 2.75) is 20.0 Å². The molecular weight excluding hydrogens is 286 g/mol. The molecule has 5 heteroatoms. The lowest BCUT2D eigenvalue weighted by atomic mass is 10.2. The number of benzene rings is 1. The molecule has 2 heterocycles. The van der Waals surface area contributed by atoms with Gasteiger partial charge in [-0.25, -0.2) is 0 Å². The van der Waals surface area contributed by atoms with Gasteiger partial charge in [-0.15, -0.1) is 11.3 Å². The molecule has 0 fully saturated rings. The van der Waals surface area contributed by atoms with Crippen LogP contribution in [0.2, 0.25) is 0 Å². The van der Waals surface area contributed by atoms with Gasteiger partial charge < -0.3 is 14.8 Å². The molecule has 1 atom stereocenters. The Morgan fingerprint density at radius 3 is 2.81 bits per heavy atom. The second-order valence-corrected chi connectivity index (χ2v) is 6.49. The highest BCUT2D eigenvalue weighted by Gasteiger charge is 2.21. The SMILES string of the molecule is Cc1cc(C(=O)NCC2COc3ccccc3O2)c(C)s1. The number of nitrogens with one attached hydrogen (secondary N) is 1. The first-order chi connectivity index (χ1) is 10.1. The predicted octanol–water partition coefficient (Wildman–Crippen LogP) is 2.93. The van der Waals surface area contributed by atoms with Crippen LogP contribution in [0.25, 0.3) is 0 Å². The van der Waals surface area contributed by atoms with Gasteiger partial charge in [0, 0.05) is 9.75 Å². The number of carbonyl (C=O) groups excluding carboxylic acids is 1. The number of hydrogen-bond donors (Lipinski definition) is 1. The van der Waals surface area contributed by atoms with E-state index >= 15 is 0 Å². The molecule has 21 heavy (non-hydrogen) atoms. The minimum Gasteiger partial charge on any atom is -0.486 e. The summed E-state index contributed by atoms with van der Waals surface area (Å²) in [6, 6.07) is 9.48. The molecule has 0 saturated heterocycles. The molecule has 1 aromatic heterocycles. The highest BCUT2D eigenvalue weighted by atomic mass is 32.1. The summed E-state index contributed by atoms with van der Waals surface area (Å²) in [5, 5.41) is 2.92. The summed E-state index contributed by atoms with van der Waals surface area (Å²) < 4.78 is 11.4. The summed E-state index contributed by atoms with van der Waals surface area (Å²) in [5.74, 6) is 1.43. The van der Waals surface area contributed by atoms with E-state index in [9.17, 15) is 4.79 Å². The first kappa shape index (κ1) is 13.9. The molecule has 1 aliphatic rings. The smallest absolute Gasteiger partial charge is 0.252 e. The van der Waals surface area contributed by atoms with Crippen molar-refractivity contribution >= 4 is 17.2 Å². The Labute approximate surface area is 127 Å². The molecule has 1 unspecified atom stereocenters. The van der Waals surface area contributed by atoms with Crippen LogP contribution < -0.4 is 14.8 Å². The van der Waals surface area contributed by atoms with Gasteiger partial charge in [0.2, 0.25) is 0 Å². The number of aryl methyl sites for hydroxylation is 2. The Morgan fingerprint density at radius 2 is 2.10 bits per heavy atom. The minimum atomic E-state index is -0.163. The molecule has 1 amide bonds. The third kappa shape index (κ3) is 3.03. The lowest BCUT2D eigenvalue weighted by Gasteiger charge is -2.26. The fourth-order valence-corrected chi connectivity index (χ4v) is 3.24. The third-order valence-corrected chi connectivity index (χ3v) is 4.31. The number of ether oxygens (including phenoxy) is 2. The van der Waals surface area contributed by atoms with Gasteiger partial charge in [0.05, 0.1) is 12.1 Å². The van der Waals surface area contributed by atoms with Crippen molar-refractivity contribution in [3.63, 3.8) is 0 Å². The maximum absolute atomic E-state index is 12.2. The zero-order chi connectivity index (χ0) is 14.8. The fourth-order valence-electron chi connectivity index (χ4n) is 2.32. The summed E-state index contributed by atoms with van der Waals surface area (Å²) in [7, 11) is 0. The molecule has 0 saturated carbocycles.